The third-order valence-corrected chi connectivity index (χ3v) is 4.75. The first-order valence-electron chi connectivity index (χ1n) is 8.31. The Balaban J connectivity index is 1.71. The molecule has 0 spiro atoms. The van der Waals surface area contributed by atoms with Crippen molar-refractivity contribution in [3.8, 4) is 17.2 Å². The van der Waals surface area contributed by atoms with Crippen LogP contribution in [0.3, 0.4) is 0 Å². The van der Waals surface area contributed by atoms with Crippen LogP contribution in [0.5, 0.6) is 17.2 Å². The third-order valence-electron chi connectivity index (χ3n) is 3.93. The minimum atomic E-state index is 0.242. The van der Waals surface area contributed by atoms with Gasteiger partial charge in [-0.2, -0.15) is 0 Å². The maximum atomic E-state index is 9.35. The molecule has 0 saturated heterocycles. The molecule has 27 heavy (non-hydrogen) atoms. The smallest absolute Gasteiger partial charge is 0.175 e. The molecule has 0 radical (unpaired) electrons. The van der Waals surface area contributed by atoms with Crippen molar-refractivity contribution in [3.05, 3.63) is 81.3 Å². The van der Waals surface area contributed by atoms with Gasteiger partial charge in [-0.15, -0.1) is 0 Å². The number of anilines is 1. The number of benzene rings is 3. The highest BCUT2D eigenvalue weighted by Gasteiger charge is 2.12. The first-order chi connectivity index (χ1) is 13.0. The number of methoxy groups -OCH3 is 1. The van der Waals surface area contributed by atoms with Crippen molar-refractivity contribution in [2.45, 2.75) is 13.2 Å². The largest absolute Gasteiger partial charge is 0.508 e. The number of ether oxygens (including phenoxy) is 2. The average Bonchev–Trinajstić information content (AvgIpc) is 2.66. The molecule has 0 aliphatic heterocycles. The van der Waals surface area contributed by atoms with Crippen LogP contribution in [0.4, 0.5) is 5.69 Å². The minimum Gasteiger partial charge on any atom is -0.508 e. The molecule has 4 nitrogen and oxygen atoms in total. The van der Waals surface area contributed by atoms with Crippen molar-refractivity contribution in [3.63, 3.8) is 0 Å². The standard InChI is InChI=1S/C21H19BrClNO3/c1-26-20-11-15(12-24-17-5-7-18(25)8-6-17)10-19(22)21(20)27-13-14-3-2-4-16(23)9-14/h2-11,24-25H,12-13H2,1H3. The average molecular weight is 449 g/mol. The predicted molar refractivity (Wildman–Crippen MR) is 112 cm³/mol. The summed E-state index contributed by atoms with van der Waals surface area (Å²) in [6.07, 6.45) is 0. The molecule has 0 atom stereocenters. The van der Waals surface area contributed by atoms with Crippen molar-refractivity contribution in [2.75, 3.05) is 12.4 Å². The first-order valence-corrected chi connectivity index (χ1v) is 9.49. The summed E-state index contributed by atoms with van der Waals surface area (Å²) in [6, 6.07) is 18.4. The Morgan fingerprint density at radius 1 is 1.04 bits per heavy atom. The van der Waals surface area contributed by atoms with Gasteiger partial charge in [0.2, 0.25) is 0 Å². The Kier molecular flexibility index (Phi) is 6.48. The number of aromatic hydroxyl groups is 1. The topological polar surface area (TPSA) is 50.7 Å². The molecule has 0 bridgehead atoms. The van der Waals surface area contributed by atoms with Gasteiger partial charge >= 0.3 is 0 Å². The van der Waals surface area contributed by atoms with E-state index in [1.54, 1.807) is 19.2 Å². The van der Waals surface area contributed by atoms with Gasteiger partial charge < -0.3 is 19.9 Å². The monoisotopic (exact) mass is 447 g/mol. The molecular weight excluding hydrogens is 430 g/mol. The zero-order chi connectivity index (χ0) is 19.2. The Morgan fingerprint density at radius 2 is 1.81 bits per heavy atom. The summed E-state index contributed by atoms with van der Waals surface area (Å²) in [7, 11) is 1.62. The number of hydrogen-bond acceptors (Lipinski definition) is 4. The van der Waals surface area contributed by atoms with Crippen LogP contribution in [-0.4, -0.2) is 12.2 Å². The van der Waals surface area contributed by atoms with Gasteiger partial charge in [-0.05, 0) is 75.6 Å². The lowest BCUT2D eigenvalue weighted by molar-refractivity contribution is 0.282. The molecule has 0 aliphatic rings. The molecule has 0 heterocycles. The van der Waals surface area contributed by atoms with E-state index in [0.717, 1.165) is 21.3 Å². The molecule has 140 valence electrons. The molecule has 3 rings (SSSR count). The van der Waals surface area contributed by atoms with Crippen LogP contribution >= 0.6 is 27.5 Å². The summed E-state index contributed by atoms with van der Waals surface area (Å²) in [5, 5.41) is 13.3. The summed E-state index contributed by atoms with van der Waals surface area (Å²) in [6.45, 7) is 0.995. The molecule has 0 amide bonds. The number of phenolic OH excluding ortho intramolecular Hbond substituents is 1. The second-order valence-electron chi connectivity index (χ2n) is 5.93. The van der Waals surface area contributed by atoms with Crippen molar-refractivity contribution in [1.29, 1.82) is 0 Å². The number of nitrogens with one attached hydrogen (secondary N) is 1. The van der Waals surface area contributed by atoms with Crippen LogP contribution in [0.15, 0.2) is 65.1 Å². The Bertz CT molecular complexity index is 916. The molecule has 3 aromatic rings. The van der Waals surface area contributed by atoms with E-state index in [9.17, 15) is 5.11 Å². The number of halogens is 2. The maximum absolute atomic E-state index is 9.35. The molecule has 0 aromatic heterocycles. The zero-order valence-electron chi connectivity index (χ0n) is 14.7. The van der Waals surface area contributed by atoms with Crippen molar-refractivity contribution in [1.82, 2.24) is 0 Å². The zero-order valence-corrected chi connectivity index (χ0v) is 17.0. The molecule has 0 aliphatic carbocycles. The highest BCUT2D eigenvalue weighted by molar-refractivity contribution is 9.10. The Hall–Kier alpha value is -2.37. The summed E-state index contributed by atoms with van der Waals surface area (Å²) in [5.41, 5.74) is 2.93. The summed E-state index contributed by atoms with van der Waals surface area (Å²) < 4.78 is 12.3. The lowest BCUT2D eigenvalue weighted by atomic mass is 10.2. The number of rotatable bonds is 7. The van der Waals surface area contributed by atoms with E-state index in [-0.39, 0.29) is 5.75 Å². The van der Waals surface area contributed by atoms with Gasteiger partial charge in [-0.25, -0.2) is 0 Å². The summed E-state index contributed by atoms with van der Waals surface area (Å²) >= 11 is 9.59. The van der Waals surface area contributed by atoms with E-state index < -0.39 is 0 Å². The second kappa shape index (κ2) is 9.02. The quantitative estimate of drug-likeness (QED) is 0.435. The van der Waals surface area contributed by atoms with Crippen molar-refractivity contribution >= 4 is 33.2 Å². The minimum absolute atomic E-state index is 0.242. The van der Waals surface area contributed by atoms with Gasteiger partial charge in [0.05, 0.1) is 11.6 Å². The van der Waals surface area contributed by atoms with Crippen LogP contribution in [0.2, 0.25) is 5.02 Å². The SMILES string of the molecule is COc1cc(CNc2ccc(O)cc2)cc(Br)c1OCc1cccc(Cl)c1. The van der Waals surface area contributed by atoms with Gasteiger partial charge in [0, 0.05) is 17.3 Å². The van der Waals surface area contributed by atoms with Crippen LogP contribution in [0.1, 0.15) is 11.1 Å². The maximum Gasteiger partial charge on any atom is 0.175 e. The lowest BCUT2D eigenvalue weighted by Crippen LogP contribution is -2.02. The van der Waals surface area contributed by atoms with E-state index in [0.29, 0.717) is 29.7 Å². The Morgan fingerprint density at radius 3 is 2.52 bits per heavy atom. The fourth-order valence-corrected chi connectivity index (χ4v) is 3.40. The third kappa shape index (κ3) is 5.31. The van der Waals surface area contributed by atoms with E-state index >= 15 is 0 Å². The van der Waals surface area contributed by atoms with Gasteiger partial charge in [0.15, 0.2) is 11.5 Å². The summed E-state index contributed by atoms with van der Waals surface area (Å²) in [4.78, 5) is 0. The summed E-state index contributed by atoms with van der Waals surface area (Å²) in [5.74, 6) is 1.53. The second-order valence-corrected chi connectivity index (χ2v) is 7.22. The van der Waals surface area contributed by atoms with E-state index in [1.807, 2.05) is 48.5 Å². The van der Waals surface area contributed by atoms with Crippen LogP contribution < -0.4 is 14.8 Å². The van der Waals surface area contributed by atoms with Gasteiger partial charge in [0.25, 0.3) is 0 Å². The normalized spacial score (nSPS) is 10.5. The molecular formula is C21H19BrClNO3. The molecule has 2 N–H and O–H groups in total. The van der Waals surface area contributed by atoms with Gasteiger partial charge in [0.1, 0.15) is 12.4 Å². The number of hydrogen-bond donors (Lipinski definition) is 2. The van der Waals surface area contributed by atoms with Crippen LogP contribution in [0, 0.1) is 0 Å². The number of phenols is 1. The lowest BCUT2D eigenvalue weighted by Gasteiger charge is -2.15. The van der Waals surface area contributed by atoms with Gasteiger partial charge in [-0.1, -0.05) is 23.7 Å². The van der Waals surface area contributed by atoms with Crippen molar-refractivity contribution in [2.24, 2.45) is 0 Å². The van der Waals surface area contributed by atoms with E-state index in [2.05, 4.69) is 21.2 Å². The van der Waals surface area contributed by atoms with E-state index in [4.69, 9.17) is 21.1 Å². The Labute approximate surface area is 171 Å². The molecule has 0 unspecified atom stereocenters. The molecule has 6 heteroatoms. The highest BCUT2D eigenvalue weighted by atomic mass is 79.9. The van der Waals surface area contributed by atoms with Gasteiger partial charge in [-0.3, -0.25) is 0 Å². The predicted octanol–water partition coefficient (Wildman–Crippen LogP) is 6.01. The van der Waals surface area contributed by atoms with Crippen LogP contribution in [-0.2, 0) is 13.2 Å². The first kappa shape index (κ1) is 19.4. The fraction of sp³-hybridized carbons (Fsp3) is 0.143. The molecule has 0 fully saturated rings. The molecule has 3 aromatic carbocycles. The van der Waals surface area contributed by atoms with Crippen LogP contribution in [0.25, 0.3) is 0 Å². The fourth-order valence-electron chi connectivity index (χ4n) is 2.58. The molecule has 0 saturated carbocycles. The van der Waals surface area contributed by atoms with Crippen molar-refractivity contribution < 1.29 is 14.6 Å². The highest BCUT2D eigenvalue weighted by Crippen LogP contribution is 2.37. The van der Waals surface area contributed by atoms with E-state index in [1.165, 1.54) is 0 Å².